The van der Waals surface area contributed by atoms with Crippen LogP contribution in [0.4, 0.5) is 0 Å². The predicted octanol–water partition coefficient (Wildman–Crippen LogP) is 1.29. The number of aryl methyl sites for hydroxylation is 1. The number of hydrogen-bond acceptors (Lipinski definition) is 4. The number of rotatable bonds is 8. The third-order valence-electron chi connectivity index (χ3n) is 5.14. The van der Waals surface area contributed by atoms with Crippen LogP contribution in [-0.4, -0.2) is 57.4 Å². The van der Waals surface area contributed by atoms with Crippen molar-refractivity contribution >= 4 is 17.7 Å². The van der Waals surface area contributed by atoms with E-state index in [1.54, 1.807) is 23.9 Å². The van der Waals surface area contributed by atoms with Gasteiger partial charge in [-0.05, 0) is 44.6 Å². The van der Waals surface area contributed by atoms with Gasteiger partial charge < -0.3 is 15.0 Å². The number of Topliss-reactive ketones (excluding diaryl/α,β-unsaturated/α-hetero) is 1. The zero-order valence-electron chi connectivity index (χ0n) is 14.7. The first-order valence-corrected chi connectivity index (χ1v) is 8.77. The van der Waals surface area contributed by atoms with Crippen LogP contribution in [-0.2, 0) is 11.8 Å². The second-order valence-corrected chi connectivity index (χ2v) is 7.34. The summed E-state index contributed by atoms with van der Waals surface area (Å²) in [5, 5.41) is 12.1. The summed E-state index contributed by atoms with van der Waals surface area (Å²) in [6.07, 6.45) is 5.58. The number of carboxylic acid groups (broad SMARTS) is 1. The third kappa shape index (κ3) is 4.28. The van der Waals surface area contributed by atoms with Gasteiger partial charge in [0.25, 0.3) is 5.91 Å². The van der Waals surface area contributed by atoms with Crippen molar-refractivity contribution in [3.63, 3.8) is 0 Å². The second-order valence-electron chi connectivity index (χ2n) is 7.34. The normalized spacial score (nSPS) is 22.5. The lowest BCUT2D eigenvalue weighted by atomic mass is 9.85. The Bertz CT molecular complexity index is 686. The van der Waals surface area contributed by atoms with Crippen molar-refractivity contribution in [2.45, 2.75) is 44.7 Å². The average molecular weight is 347 g/mol. The lowest BCUT2D eigenvalue weighted by Gasteiger charge is -2.42. The van der Waals surface area contributed by atoms with Crippen LogP contribution < -0.4 is 5.32 Å². The molecule has 0 unspecified atom stereocenters. The minimum absolute atomic E-state index is 0.0590. The number of aromatic nitrogens is 1. The molecule has 1 amide bonds. The molecule has 2 saturated carbocycles. The monoisotopic (exact) mass is 347 g/mol. The fraction of sp³-hybridized carbons (Fsp3) is 0.611. The molecule has 25 heavy (non-hydrogen) atoms. The topological polar surface area (TPSA) is 91.6 Å². The summed E-state index contributed by atoms with van der Waals surface area (Å²) in [7, 11) is 1.75. The summed E-state index contributed by atoms with van der Waals surface area (Å²) in [5.41, 5.74) is 0.991. The fourth-order valence-electron chi connectivity index (χ4n) is 3.39. The Labute approximate surface area is 147 Å². The number of aliphatic carboxylic acids is 1. The van der Waals surface area contributed by atoms with Crippen LogP contribution in [0.25, 0.3) is 0 Å². The number of amides is 1. The molecular weight excluding hydrogens is 322 g/mol. The summed E-state index contributed by atoms with van der Waals surface area (Å²) in [4.78, 5) is 36.9. The molecule has 1 heterocycles. The minimum Gasteiger partial charge on any atom is -0.480 e. The highest BCUT2D eigenvalue weighted by Crippen LogP contribution is 2.33. The Balaban J connectivity index is 1.52. The van der Waals surface area contributed by atoms with E-state index in [4.69, 9.17) is 5.11 Å². The molecule has 2 N–H and O–H groups in total. The number of carbonyl (C=O) groups excluding carboxylic acids is 2. The summed E-state index contributed by atoms with van der Waals surface area (Å²) in [5.74, 6) is -0.414. The molecule has 1 aromatic rings. The number of nitrogens with zero attached hydrogens (tertiary/aromatic N) is 2. The van der Waals surface area contributed by atoms with Gasteiger partial charge in [-0.1, -0.05) is 0 Å². The number of carbonyl (C=O) groups is 3. The van der Waals surface area contributed by atoms with Crippen LogP contribution in [0.15, 0.2) is 12.3 Å². The van der Waals surface area contributed by atoms with E-state index in [1.807, 2.05) is 4.90 Å². The van der Waals surface area contributed by atoms with E-state index < -0.39 is 5.97 Å². The van der Waals surface area contributed by atoms with Crippen molar-refractivity contribution in [3.05, 3.63) is 23.5 Å². The van der Waals surface area contributed by atoms with Crippen molar-refractivity contribution in [2.75, 3.05) is 13.1 Å². The molecule has 0 aliphatic heterocycles. The molecule has 2 aliphatic rings. The number of ketones is 1. The Kier molecular flexibility index (Phi) is 4.94. The first kappa shape index (κ1) is 17.7. The maximum absolute atomic E-state index is 12.4. The van der Waals surface area contributed by atoms with Crippen molar-refractivity contribution in [1.29, 1.82) is 0 Å². The molecule has 0 atom stereocenters. The molecule has 7 heteroatoms. The van der Waals surface area contributed by atoms with Crippen molar-refractivity contribution in [2.24, 2.45) is 13.0 Å². The maximum atomic E-state index is 12.4. The standard InChI is InChI=1S/C18H25N3O4/c1-11(22)13-5-16(20(2)9-13)18(25)19-14-6-15(7-14)21(10-17(23)24)8-12-3-4-12/h5,9,12,14-15H,3-4,6-8,10H2,1-2H3,(H,19,25)(H,23,24). The van der Waals surface area contributed by atoms with E-state index in [9.17, 15) is 14.4 Å². The van der Waals surface area contributed by atoms with E-state index in [0.29, 0.717) is 17.2 Å². The average Bonchev–Trinajstić information content (AvgIpc) is 3.20. The molecule has 0 saturated heterocycles. The van der Waals surface area contributed by atoms with E-state index in [2.05, 4.69) is 5.32 Å². The Morgan fingerprint density at radius 1 is 1.32 bits per heavy atom. The van der Waals surface area contributed by atoms with Crippen molar-refractivity contribution in [1.82, 2.24) is 14.8 Å². The summed E-state index contributed by atoms with van der Waals surface area (Å²) < 4.78 is 1.66. The number of carboxylic acids is 1. The summed E-state index contributed by atoms with van der Waals surface area (Å²) >= 11 is 0. The number of nitrogens with one attached hydrogen (secondary N) is 1. The maximum Gasteiger partial charge on any atom is 0.317 e. The van der Waals surface area contributed by atoms with Crippen molar-refractivity contribution in [3.8, 4) is 0 Å². The van der Waals surface area contributed by atoms with Gasteiger partial charge in [-0.2, -0.15) is 0 Å². The Morgan fingerprint density at radius 3 is 2.52 bits per heavy atom. The first-order valence-electron chi connectivity index (χ1n) is 8.77. The molecule has 1 aromatic heterocycles. The van der Waals surface area contributed by atoms with Gasteiger partial charge in [-0.3, -0.25) is 19.3 Å². The van der Waals surface area contributed by atoms with Crippen LogP contribution in [0.2, 0.25) is 0 Å². The molecule has 0 aromatic carbocycles. The van der Waals surface area contributed by atoms with Gasteiger partial charge >= 0.3 is 5.97 Å². The van der Waals surface area contributed by atoms with Gasteiger partial charge in [0.2, 0.25) is 0 Å². The molecule has 3 rings (SSSR count). The molecule has 2 fully saturated rings. The first-order chi connectivity index (χ1) is 11.8. The zero-order valence-corrected chi connectivity index (χ0v) is 14.7. The second kappa shape index (κ2) is 7.00. The quantitative estimate of drug-likeness (QED) is 0.691. The molecule has 0 bridgehead atoms. The molecule has 2 aliphatic carbocycles. The minimum atomic E-state index is -0.797. The van der Waals surface area contributed by atoms with Gasteiger partial charge in [0.15, 0.2) is 5.78 Å². The Hall–Kier alpha value is -2.15. The molecular formula is C18H25N3O4. The van der Waals surface area contributed by atoms with Crippen LogP contribution in [0.5, 0.6) is 0 Å². The fourth-order valence-corrected chi connectivity index (χ4v) is 3.39. The molecule has 7 nitrogen and oxygen atoms in total. The van der Waals surface area contributed by atoms with Crippen LogP contribution in [0.3, 0.4) is 0 Å². The summed E-state index contributed by atoms with van der Waals surface area (Å²) in [6, 6.07) is 1.89. The Morgan fingerprint density at radius 2 is 2.00 bits per heavy atom. The lowest BCUT2D eigenvalue weighted by Crippen LogP contribution is -2.55. The van der Waals surface area contributed by atoms with Gasteiger partial charge in [-0.15, -0.1) is 0 Å². The van der Waals surface area contributed by atoms with Crippen LogP contribution >= 0.6 is 0 Å². The van der Waals surface area contributed by atoms with E-state index >= 15 is 0 Å². The van der Waals surface area contributed by atoms with E-state index in [-0.39, 0.29) is 30.3 Å². The zero-order chi connectivity index (χ0) is 18.1. The van der Waals surface area contributed by atoms with Crippen molar-refractivity contribution < 1.29 is 19.5 Å². The largest absolute Gasteiger partial charge is 0.480 e. The molecule has 0 radical (unpaired) electrons. The number of hydrogen-bond donors (Lipinski definition) is 2. The van der Waals surface area contributed by atoms with E-state index in [1.165, 1.54) is 19.8 Å². The SMILES string of the molecule is CC(=O)c1cc(C(=O)NC2CC(N(CC(=O)O)CC3CC3)C2)n(C)c1. The van der Waals surface area contributed by atoms with Gasteiger partial charge in [0, 0.05) is 37.4 Å². The lowest BCUT2D eigenvalue weighted by molar-refractivity contribution is -0.139. The predicted molar refractivity (Wildman–Crippen MR) is 91.6 cm³/mol. The molecule has 0 spiro atoms. The van der Waals surface area contributed by atoms with Crippen LogP contribution in [0.1, 0.15) is 53.5 Å². The smallest absolute Gasteiger partial charge is 0.317 e. The summed E-state index contributed by atoms with van der Waals surface area (Å²) in [6.45, 7) is 2.39. The highest BCUT2D eigenvalue weighted by molar-refractivity contribution is 5.99. The van der Waals surface area contributed by atoms with E-state index in [0.717, 1.165) is 19.4 Å². The highest BCUT2D eigenvalue weighted by atomic mass is 16.4. The van der Waals surface area contributed by atoms with Gasteiger partial charge in [-0.25, -0.2) is 0 Å². The molecule has 136 valence electrons. The van der Waals surface area contributed by atoms with Gasteiger partial charge in [0.1, 0.15) is 5.69 Å². The van der Waals surface area contributed by atoms with Crippen LogP contribution in [0, 0.1) is 5.92 Å². The highest BCUT2D eigenvalue weighted by Gasteiger charge is 2.38. The van der Waals surface area contributed by atoms with Gasteiger partial charge in [0.05, 0.1) is 6.54 Å². The third-order valence-corrected chi connectivity index (χ3v) is 5.14.